The summed E-state index contributed by atoms with van der Waals surface area (Å²) in [6.07, 6.45) is -1.34. The number of rotatable bonds is 14. The maximum Gasteiger partial charge on any atom is 0.312 e. The summed E-state index contributed by atoms with van der Waals surface area (Å²) in [5.41, 5.74) is -0.155. The van der Waals surface area contributed by atoms with E-state index in [1.807, 2.05) is 0 Å². The average molecular weight is 430 g/mol. The number of benzene rings is 1. The molecule has 0 aliphatic rings. The van der Waals surface area contributed by atoms with E-state index in [4.69, 9.17) is 4.74 Å². The van der Waals surface area contributed by atoms with Gasteiger partial charge in [0.15, 0.2) is 0 Å². The molecule has 1 aromatic rings. The molecule has 1 rings (SSSR count). The molecule has 0 radical (unpaired) electrons. The predicted octanol–water partition coefficient (Wildman–Crippen LogP) is 0.962. The number of hydrogen-bond acceptors (Lipinski definition) is 11. The van der Waals surface area contributed by atoms with Crippen LogP contribution in [0.25, 0.3) is 0 Å². The van der Waals surface area contributed by atoms with Crippen molar-refractivity contribution in [3.63, 3.8) is 0 Å². The number of nitrogens with zero attached hydrogens (tertiary/aromatic N) is 3. The van der Waals surface area contributed by atoms with E-state index in [9.17, 15) is 39.9 Å². The normalized spacial score (nSPS) is 11.1. The topological polar surface area (TPSA) is 203 Å². The van der Waals surface area contributed by atoms with Crippen LogP contribution in [0, 0.1) is 30.3 Å². The van der Waals surface area contributed by atoms with Crippen molar-refractivity contribution in [1.82, 2.24) is 5.32 Å². The Morgan fingerprint density at radius 1 is 1.00 bits per heavy atom. The number of amides is 1. The Labute approximate surface area is 168 Å². The molecule has 1 aromatic carbocycles. The summed E-state index contributed by atoms with van der Waals surface area (Å²) in [5, 5.41) is 31.2. The fraction of sp³-hybridized carbons (Fsp3) is 0.467. The molecule has 0 heterocycles. The highest BCUT2D eigenvalue weighted by Gasteiger charge is 2.16. The van der Waals surface area contributed by atoms with Crippen molar-refractivity contribution < 1.29 is 39.1 Å². The number of nitro groups is 1. The Morgan fingerprint density at radius 3 is 2.23 bits per heavy atom. The summed E-state index contributed by atoms with van der Waals surface area (Å²) < 4.78 is 4.96. The van der Waals surface area contributed by atoms with E-state index < -0.39 is 39.7 Å². The Morgan fingerprint density at radius 2 is 1.67 bits per heavy atom. The van der Waals surface area contributed by atoms with E-state index in [2.05, 4.69) is 15.0 Å². The van der Waals surface area contributed by atoms with Crippen molar-refractivity contribution in [3.8, 4) is 5.75 Å². The molecule has 0 unspecified atom stereocenters. The van der Waals surface area contributed by atoms with Crippen molar-refractivity contribution in [3.05, 3.63) is 54.6 Å². The molecule has 30 heavy (non-hydrogen) atoms. The SMILES string of the molecule is O=C(CCC[C@@H](CO[N+](=O)[O-])O[N+](=O)[O-])NCCC(=O)Oc1ccc([N+](=O)[O-])cc1. The van der Waals surface area contributed by atoms with Crippen LogP contribution in [0.5, 0.6) is 5.75 Å². The second kappa shape index (κ2) is 12.4. The molecule has 0 saturated heterocycles. The molecule has 1 N–H and O–H groups in total. The molecular weight excluding hydrogens is 412 g/mol. The third-order valence-electron chi connectivity index (χ3n) is 3.46. The Bertz CT molecular complexity index is 768. The van der Waals surface area contributed by atoms with Crippen LogP contribution in [0.1, 0.15) is 25.7 Å². The summed E-state index contributed by atoms with van der Waals surface area (Å²) in [4.78, 5) is 62.1. The van der Waals surface area contributed by atoms with Crippen LogP contribution in [0.2, 0.25) is 0 Å². The van der Waals surface area contributed by atoms with Gasteiger partial charge in [-0.1, -0.05) is 0 Å². The van der Waals surface area contributed by atoms with Crippen molar-refractivity contribution in [2.45, 2.75) is 31.8 Å². The summed E-state index contributed by atoms with van der Waals surface area (Å²) in [6.45, 7) is -0.687. The second-order valence-corrected chi connectivity index (χ2v) is 5.69. The molecular formula is C15H18N4O11. The number of nitro benzene ring substituents is 1. The number of hydrogen-bond donors (Lipinski definition) is 1. The standard InChI is InChI=1S/C15H18N4O11/c20-14(3-1-2-13(30-19(26)27)10-28-18(24)25)16-9-8-15(21)29-12-6-4-11(5-7-12)17(22)23/h4-7,13H,1-3,8-10H2,(H,16,20)/t13-/m0/s1. The van der Waals surface area contributed by atoms with Crippen LogP contribution >= 0.6 is 0 Å². The smallest absolute Gasteiger partial charge is 0.312 e. The van der Waals surface area contributed by atoms with E-state index in [-0.39, 0.29) is 43.7 Å². The van der Waals surface area contributed by atoms with E-state index in [1.165, 1.54) is 24.3 Å². The second-order valence-electron chi connectivity index (χ2n) is 5.69. The molecule has 0 saturated carbocycles. The first-order chi connectivity index (χ1) is 14.2. The molecule has 15 heteroatoms. The molecule has 1 atom stereocenters. The third-order valence-corrected chi connectivity index (χ3v) is 3.46. The first-order valence-corrected chi connectivity index (χ1v) is 8.47. The maximum atomic E-state index is 11.7. The first kappa shape index (κ1) is 24.0. The zero-order valence-corrected chi connectivity index (χ0v) is 15.5. The van der Waals surface area contributed by atoms with Gasteiger partial charge in [-0.25, -0.2) is 0 Å². The van der Waals surface area contributed by atoms with Crippen LogP contribution in [-0.4, -0.2) is 46.2 Å². The summed E-state index contributed by atoms with van der Waals surface area (Å²) in [7, 11) is 0. The molecule has 0 spiro atoms. The lowest BCUT2D eigenvalue weighted by molar-refractivity contribution is -0.790. The van der Waals surface area contributed by atoms with Crippen molar-refractivity contribution in [1.29, 1.82) is 0 Å². The van der Waals surface area contributed by atoms with Crippen molar-refractivity contribution in [2.24, 2.45) is 0 Å². The fourth-order valence-corrected chi connectivity index (χ4v) is 2.13. The summed E-state index contributed by atoms with van der Waals surface area (Å²) >= 11 is 0. The minimum Gasteiger partial charge on any atom is -0.426 e. The Hall–Kier alpha value is -4.04. The van der Waals surface area contributed by atoms with Crippen LogP contribution in [0.15, 0.2) is 24.3 Å². The van der Waals surface area contributed by atoms with Gasteiger partial charge < -0.3 is 19.7 Å². The average Bonchev–Trinajstić information content (AvgIpc) is 2.66. The Kier molecular flexibility index (Phi) is 9.94. The number of nitrogens with one attached hydrogen (secondary N) is 1. The van der Waals surface area contributed by atoms with Gasteiger partial charge in [0.1, 0.15) is 18.5 Å². The van der Waals surface area contributed by atoms with Gasteiger partial charge in [0.05, 0.1) is 11.3 Å². The molecule has 0 fully saturated rings. The largest absolute Gasteiger partial charge is 0.426 e. The summed E-state index contributed by atoms with van der Waals surface area (Å²) in [5.74, 6) is -1.00. The van der Waals surface area contributed by atoms with E-state index in [0.717, 1.165) is 0 Å². The zero-order valence-electron chi connectivity index (χ0n) is 15.5. The number of non-ortho nitro benzene ring substituents is 1. The van der Waals surface area contributed by atoms with Crippen LogP contribution in [0.4, 0.5) is 5.69 Å². The number of carbonyl (C=O) groups excluding carboxylic acids is 2. The quantitative estimate of drug-likeness (QED) is 0.190. The highest BCUT2D eigenvalue weighted by atomic mass is 17.0. The molecule has 0 aromatic heterocycles. The minimum atomic E-state index is -1.20. The van der Waals surface area contributed by atoms with Crippen LogP contribution in [0.3, 0.4) is 0 Å². The summed E-state index contributed by atoms with van der Waals surface area (Å²) in [6, 6.07) is 4.88. The zero-order chi connectivity index (χ0) is 22.5. The number of carbonyl (C=O) groups is 2. The predicted molar refractivity (Wildman–Crippen MR) is 95.0 cm³/mol. The highest BCUT2D eigenvalue weighted by molar-refractivity contribution is 5.77. The minimum absolute atomic E-state index is 0.0373. The molecule has 0 aliphatic carbocycles. The fourth-order valence-electron chi connectivity index (χ4n) is 2.13. The van der Waals surface area contributed by atoms with Crippen molar-refractivity contribution in [2.75, 3.05) is 13.2 Å². The van der Waals surface area contributed by atoms with Gasteiger partial charge in [-0.15, -0.1) is 20.2 Å². The lowest BCUT2D eigenvalue weighted by Crippen LogP contribution is -2.28. The number of ether oxygens (including phenoxy) is 1. The lowest BCUT2D eigenvalue weighted by Gasteiger charge is -2.13. The third kappa shape index (κ3) is 10.3. The van der Waals surface area contributed by atoms with Crippen molar-refractivity contribution >= 4 is 17.6 Å². The van der Waals surface area contributed by atoms with Gasteiger partial charge in [0, 0.05) is 25.1 Å². The first-order valence-electron chi connectivity index (χ1n) is 8.47. The van der Waals surface area contributed by atoms with E-state index in [0.29, 0.717) is 0 Å². The van der Waals surface area contributed by atoms with E-state index in [1.54, 1.807) is 0 Å². The maximum absolute atomic E-state index is 11.7. The van der Waals surface area contributed by atoms with Gasteiger partial charge in [0.25, 0.3) is 15.9 Å². The lowest BCUT2D eigenvalue weighted by atomic mass is 10.1. The Balaban J connectivity index is 2.26. The highest BCUT2D eigenvalue weighted by Crippen LogP contribution is 2.17. The van der Waals surface area contributed by atoms with Crippen LogP contribution < -0.4 is 10.1 Å². The molecule has 15 nitrogen and oxygen atoms in total. The number of esters is 1. The van der Waals surface area contributed by atoms with Crippen LogP contribution in [-0.2, 0) is 19.3 Å². The van der Waals surface area contributed by atoms with Gasteiger partial charge in [-0.3, -0.25) is 19.7 Å². The molecule has 1 amide bonds. The van der Waals surface area contributed by atoms with Gasteiger partial charge in [-0.05, 0) is 25.0 Å². The molecule has 0 aliphatic heterocycles. The van der Waals surface area contributed by atoms with E-state index >= 15 is 0 Å². The molecule has 0 bridgehead atoms. The van der Waals surface area contributed by atoms with Gasteiger partial charge in [0.2, 0.25) is 5.91 Å². The molecule has 164 valence electrons. The van der Waals surface area contributed by atoms with Gasteiger partial charge in [-0.2, -0.15) is 0 Å². The van der Waals surface area contributed by atoms with Gasteiger partial charge >= 0.3 is 5.97 Å². The monoisotopic (exact) mass is 430 g/mol.